The molecule has 0 bridgehead atoms. The van der Waals surface area contributed by atoms with Crippen LogP contribution < -0.4 is 10.6 Å². The summed E-state index contributed by atoms with van der Waals surface area (Å²) >= 11 is 0. The highest BCUT2D eigenvalue weighted by atomic mass is 35.5. The molecule has 2 N–H and O–H groups in total. The second-order valence-corrected chi connectivity index (χ2v) is 6.77. The van der Waals surface area contributed by atoms with Crippen molar-refractivity contribution < 1.29 is 22.4 Å². The van der Waals surface area contributed by atoms with Gasteiger partial charge in [-0.1, -0.05) is 31.2 Å². The third-order valence-corrected chi connectivity index (χ3v) is 4.76. The van der Waals surface area contributed by atoms with E-state index in [1.54, 1.807) is 19.1 Å². The molecular formula is C20H21ClF4N2O. The number of hydrogen-bond donors (Lipinski definition) is 2. The van der Waals surface area contributed by atoms with Gasteiger partial charge in [0, 0.05) is 13.0 Å². The molecule has 1 aliphatic rings. The number of alkyl halides is 3. The van der Waals surface area contributed by atoms with Crippen molar-refractivity contribution in [3.05, 3.63) is 64.5 Å². The molecule has 8 heteroatoms. The molecule has 0 radical (unpaired) electrons. The van der Waals surface area contributed by atoms with Crippen LogP contribution in [0.5, 0.6) is 0 Å². The summed E-state index contributed by atoms with van der Waals surface area (Å²) in [5.41, 5.74) is 1.24. The lowest BCUT2D eigenvalue weighted by atomic mass is 9.95. The van der Waals surface area contributed by atoms with Gasteiger partial charge in [0.25, 0.3) is 0 Å². The van der Waals surface area contributed by atoms with E-state index in [-0.39, 0.29) is 24.5 Å². The molecule has 2 aromatic carbocycles. The first kappa shape index (κ1) is 22.2. The number of hydrogen-bond acceptors (Lipinski definition) is 2. The van der Waals surface area contributed by atoms with Crippen LogP contribution in [-0.2, 0) is 23.9 Å². The third-order valence-electron chi connectivity index (χ3n) is 4.76. The van der Waals surface area contributed by atoms with E-state index in [9.17, 15) is 22.4 Å². The van der Waals surface area contributed by atoms with E-state index in [0.717, 1.165) is 17.7 Å². The van der Waals surface area contributed by atoms with Crippen molar-refractivity contribution in [3.63, 3.8) is 0 Å². The zero-order chi connectivity index (χ0) is 19.6. The summed E-state index contributed by atoms with van der Waals surface area (Å²) in [6, 6.07) is 8.21. The van der Waals surface area contributed by atoms with Crippen molar-refractivity contribution in [3.8, 4) is 0 Å². The Bertz CT molecular complexity index is 855. The van der Waals surface area contributed by atoms with Crippen LogP contribution in [0.3, 0.4) is 0 Å². The minimum Gasteiger partial charge on any atom is -0.324 e. The molecule has 1 amide bonds. The first-order valence-electron chi connectivity index (χ1n) is 8.73. The van der Waals surface area contributed by atoms with Crippen molar-refractivity contribution in [2.45, 2.75) is 38.4 Å². The molecule has 1 atom stereocenters. The van der Waals surface area contributed by atoms with E-state index < -0.39 is 29.4 Å². The van der Waals surface area contributed by atoms with Crippen molar-refractivity contribution in [2.24, 2.45) is 0 Å². The smallest absolute Gasteiger partial charge is 0.324 e. The number of carbonyl (C=O) groups excluding carboxylic acids is 1. The Labute approximate surface area is 166 Å². The Hall–Kier alpha value is -2.12. The molecule has 3 nitrogen and oxygen atoms in total. The van der Waals surface area contributed by atoms with Gasteiger partial charge in [-0.05, 0) is 47.7 Å². The summed E-state index contributed by atoms with van der Waals surface area (Å²) in [7, 11) is 0. The number of amides is 1. The number of carbonyl (C=O) groups is 1. The molecule has 1 unspecified atom stereocenters. The maximum Gasteiger partial charge on any atom is 0.416 e. The Morgan fingerprint density at radius 2 is 2.00 bits per heavy atom. The van der Waals surface area contributed by atoms with Gasteiger partial charge in [0.2, 0.25) is 5.91 Å². The molecule has 0 aliphatic carbocycles. The topological polar surface area (TPSA) is 41.1 Å². The van der Waals surface area contributed by atoms with Crippen LogP contribution in [0, 0.1) is 5.82 Å². The van der Waals surface area contributed by atoms with Crippen LogP contribution >= 0.6 is 12.4 Å². The van der Waals surface area contributed by atoms with Gasteiger partial charge in [-0.15, -0.1) is 12.4 Å². The Morgan fingerprint density at radius 3 is 2.71 bits per heavy atom. The number of fused-ring (bicyclic) bond motifs is 1. The van der Waals surface area contributed by atoms with Crippen LogP contribution in [0.1, 0.15) is 41.5 Å². The van der Waals surface area contributed by atoms with Gasteiger partial charge in [-0.25, -0.2) is 4.39 Å². The predicted molar refractivity (Wildman–Crippen MR) is 102 cm³/mol. The summed E-state index contributed by atoms with van der Waals surface area (Å²) in [6.07, 6.45) is -3.93. The molecule has 1 aliphatic heterocycles. The van der Waals surface area contributed by atoms with E-state index >= 15 is 0 Å². The highest BCUT2D eigenvalue weighted by Crippen LogP contribution is 2.32. The molecule has 3 rings (SSSR count). The lowest BCUT2D eigenvalue weighted by Crippen LogP contribution is -2.25. The fraction of sp³-hybridized carbons (Fsp3) is 0.350. The van der Waals surface area contributed by atoms with E-state index in [0.29, 0.717) is 30.6 Å². The lowest BCUT2D eigenvalue weighted by molar-refractivity contribution is -0.137. The van der Waals surface area contributed by atoms with Crippen molar-refractivity contribution in [2.75, 3.05) is 11.9 Å². The van der Waals surface area contributed by atoms with E-state index in [1.807, 2.05) is 0 Å². The third kappa shape index (κ3) is 5.02. The summed E-state index contributed by atoms with van der Waals surface area (Å²) < 4.78 is 53.1. The van der Waals surface area contributed by atoms with Gasteiger partial charge < -0.3 is 10.6 Å². The zero-order valence-corrected chi connectivity index (χ0v) is 16.0. The van der Waals surface area contributed by atoms with E-state index in [1.165, 1.54) is 12.1 Å². The fourth-order valence-electron chi connectivity index (χ4n) is 3.25. The normalized spacial score (nSPS) is 14.6. The molecule has 2 aromatic rings. The fourth-order valence-corrected chi connectivity index (χ4v) is 3.25. The van der Waals surface area contributed by atoms with Crippen LogP contribution in [-0.4, -0.2) is 12.5 Å². The highest BCUT2D eigenvalue weighted by molar-refractivity contribution is 5.91. The number of rotatable bonds is 4. The Kier molecular flexibility index (Phi) is 7.06. The lowest BCUT2D eigenvalue weighted by Gasteiger charge is -2.20. The van der Waals surface area contributed by atoms with Crippen LogP contribution in [0.4, 0.5) is 23.2 Å². The Morgan fingerprint density at radius 1 is 1.25 bits per heavy atom. The predicted octanol–water partition coefficient (Wildman–Crippen LogP) is 5.04. The summed E-state index contributed by atoms with van der Waals surface area (Å²) in [5.74, 6) is -1.31. The van der Waals surface area contributed by atoms with Crippen LogP contribution in [0.2, 0.25) is 0 Å². The second-order valence-electron chi connectivity index (χ2n) is 6.77. The SMILES string of the molecule is CC(CC(=O)Nc1ccc2c(c1F)CCNC2)c1cccc(C(F)(F)F)c1.Cl. The first-order valence-corrected chi connectivity index (χ1v) is 8.73. The van der Waals surface area contributed by atoms with Crippen molar-refractivity contribution in [1.82, 2.24) is 5.32 Å². The monoisotopic (exact) mass is 416 g/mol. The molecule has 0 aromatic heterocycles. The minimum absolute atomic E-state index is 0. The van der Waals surface area contributed by atoms with E-state index in [4.69, 9.17) is 0 Å². The highest BCUT2D eigenvalue weighted by Gasteiger charge is 2.30. The number of nitrogens with one attached hydrogen (secondary N) is 2. The minimum atomic E-state index is -4.43. The maximum absolute atomic E-state index is 14.6. The molecule has 0 spiro atoms. The van der Waals surface area contributed by atoms with Gasteiger partial charge in [0.05, 0.1) is 11.3 Å². The van der Waals surface area contributed by atoms with E-state index in [2.05, 4.69) is 10.6 Å². The number of anilines is 1. The molecule has 0 fully saturated rings. The summed E-state index contributed by atoms with van der Waals surface area (Å²) in [5, 5.41) is 5.70. The summed E-state index contributed by atoms with van der Waals surface area (Å²) in [6.45, 7) is 2.94. The van der Waals surface area contributed by atoms with Gasteiger partial charge in [-0.3, -0.25) is 4.79 Å². The van der Waals surface area contributed by atoms with Gasteiger partial charge >= 0.3 is 6.18 Å². The molecule has 152 valence electrons. The van der Waals surface area contributed by atoms with Gasteiger partial charge in [-0.2, -0.15) is 13.2 Å². The molecule has 28 heavy (non-hydrogen) atoms. The van der Waals surface area contributed by atoms with Gasteiger partial charge in [0.15, 0.2) is 0 Å². The molecule has 1 heterocycles. The maximum atomic E-state index is 14.6. The average molecular weight is 417 g/mol. The number of benzene rings is 2. The average Bonchev–Trinajstić information content (AvgIpc) is 2.63. The molecule has 0 saturated heterocycles. The van der Waals surface area contributed by atoms with Crippen molar-refractivity contribution in [1.29, 1.82) is 0 Å². The molecule has 0 saturated carbocycles. The standard InChI is InChI=1S/C20H20F4N2O.ClH/c1-12(13-3-2-4-15(10-13)20(22,23)24)9-18(27)26-17-6-5-14-11-25-8-7-16(14)19(17)21;/h2-6,10,12,25H,7-9,11H2,1H3,(H,26,27);1H. The van der Waals surface area contributed by atoms with Crippen LogP contribution in [0.15, 0.2) is 36.4 Å². The second kappa shape index (κ2) is 8.92. The Balaban J connectivity index is 0.00000280. The van der Waals surface area contributed by atoms with Gasteiger partial charge in [0.1, 0.15) is 5.82 Å². The van der Waals surface area contributed by atoms with Crippen LogP contribution in [0.25, 0.3) is 0 Å². The summed E-state index contributed by atoms with van der Waals surface area (Å²) in [4.78, 5) is 12.3. The number of halogens is 5. The molecular weight excluding hydrogens is 396 g/mol. The zero-order valence-electron chi connectivity index (χ0n) is 15.2. The quantitative estimate of drug-likeness (QED) is 0.685. The first-order chi connectivity index (χ1) is 12.8. The van der Waals surface area contributed by atoms with Crippen molar-refractivity contribution >= 4 is 24.0 Å². The largest absolute Gasteiger partial charge is 0.416 e.